The largest absolute Gasteiger partial charge is 0.573 e. The van der Waals surface area contributed by atoms with E-state index in [2.05, 4.69) is 21.9 Å². The van der Waals surface area contributed by atoms with Gasteiger partial charge in [-0.1, -0.05) is 36.4 Å². The molecule has 5 rings (SSSR count). The number of hydrogen-bond acceptors (Lipinski definition) is 4. The molecule has 2 atom stereocenters. The van der Waals surface area contributed by atoms with E-state index in [9.17, 15) is 18.0 Å². The second-order valence-electron chi connectivity index (χ2n) is 8.71. The summed E-state index contributed by atoms with van der Waals surface area (Å²) in [5.74, 6) is -0.460. The van der Waals surface area contributed by atoms with Crippen molar-refractivity contribution in [2.24, 2.45) is 11.7 Å². The van der Waals surface area contributed by atoms with E-state index >= 15 is 0 Å². The number of imidazole rings is 1. The van der Waals surface area contributed by atoms with Crippen LogP contribution in [0.5, 0.6) is 5.75 Å². The molecule has 2 N–H and O–H groups in total. The molecule has 4 aromatic rings. The first-order chi connectivity index (χ1) is 16.8. The van der Waals surface area contributed by atoms with Crippen LogP contribution < -0.4 is 10.5 Å². The normalized spacial score (nSPS) is 16.3. The monoisotopic (exact) mass is 480 g/mol. The summed E-state index contributed by atoms with van der Waals surface area (Å²) in [6.45, 7) is 0.321. The van der Waals surface area contributed by atoms with Crippen molar-refractivity contribution in [1.29, 1.82) is 0 Å². The van der Waals surface area contributed by atoms with Crippen molar-refractivity contribution in [2.75, 3.05) is 0 Å². The summed E-state index contributed by atoms with van der Waals surface area (Å²) in [5, 5.41) is 0. The van der Waals surface area contributed by atoms with Gasteiger partial charge in [0.15, 0.2) is 5.65 Å². The lowest BCUT2D eigenvalue weighted by Gasteiger charge is -2.22. The smallest absolute Gasteiger partial charge is 0.406 e. The number of halogens is 3. The Balaban J connectivity index is 1.46. The van der Waals surface area contributed by atoms with E-state index in [0.29, 0.717) is 30.0 Å². The zero-order chi connectivity index (χ0) is 24.6. The molecule has 1 unspecified atom stereocenters. The molecule has 180 valence electrons. The lowest BCUT2D eigenvalue weighted by molar-refractivity contribution is -0.274. The van der Waals surface area contributed by atoms with E-state index in [1.807, 2.05) is 22.8 Å². The number of rotatable bonds is 7. The summed E-state index contributed by atoms with van der Waals surface area (Å²) in [4.78, 5) is 21.8. The highest BCUT2D eigenvalue weighted by Crippen LogP contribution is 2.39. The quantitative estimate of drug-likeness (QED) is 0.414. The highest BCUT2D eigenvalue weighted by Gasteiger charge is 2.34. The van der Waals surface area contributed by atoms with E-state index in [0.717, 1.165) is 24.0 Å². The molecule has 9 heteroatoms. The maximum absolute atomic E-state index is 12.6. The van der Waals surface area contributed by atoms with Crippen LogP contribution >= 0.6 is 0 Å². The SMILES string of the molecule is NC(=O)[C@@H](Cc1nc2cccnc2n1Cc1ccc(OC(F)(F)F)cc1)C1CCc2ccccc21. The molecule has 2 heterocycles. The van der Waals surface area contributed by atoms with E-state index < -0.39 is 12.3 Å². The van der Waals surface area contributed by atoms with Gasteiger partial charge in [-0.15, -0.1) is 13.2 Å². The summed E-state index contributed by atoms with van der Waals surface area (Å²) in [7, 11) is 0. The van der Waals surface area contributed by atoms with Gasteiger partial charge in [0.2, 0.25) is 5.91 Å². The summed E-state index contributed by atoms with van der Waals surface area (Å²) in [6, 6.07) is 17.4. The topological polar surface area (TPSA) is 83.0 Å². The standard InChI is InChI=1S/C26H23F3N4O2/c27-26(28,29)35-18-10-7-16(8-11-18)15-33-23(32-22-6-3-13-31-25(22)33)14-21(24(30)34)20-12-9-17-4-1-2-5-19(17)20/h1-8,10-11,13,20-21H,9,12,14-15H2,(H2,30,34)/t20?,21-/m0/s1. The molecule has 2 aromatic heterocycles. The minimum absolute atomic E-state index is 0.00345. The van der Waals surface area contributed by atoms with Crippen molar-refractivity contribution < 1.29 is 22.7 Å². The Morgan fingerprint density at radius 1 is 1.11 bits per heavy atom. The lowest BCUT2D eigenvalue weighted by Crippen LogP contribution is -2.31. The highest BCUT2D eigenvalue weighted by atomic mass is 19.4. The average Bonchev–Trinajstić information content (AvgIpc) is 3.39. The molecule has 0 saturated heterocycles. The number of ether oxygens (including phenoxy) is 1. The molecule has 0 aliphatic heterocycles. The second kappa shape index (κ2) is 9.05. The first kappa shape index (κ1) is 22.9. The molecule has 1 aliphatic carbocycles. The van der Waals surface area contributed by atoms with Crippen molar-refractivity contribution in [3.8, 4) is 5.75 Å². The molecular weight excluding hydrogens is 457 g/mol. The van der Waals surface area contributed by atoms with Crippen molar-refractivity contribution >= 4 is 17.1 Å². The number of fused-ring (bicyclic) bond motifs is 2. The highest BCUT2D eigenvalue weighted by molar-refractivity contribution is 5.79. The third-order valence-corrected chi connectivity index (χ3v) is 6.51. The number of primary amides is 1. The van der Waals surface area contributed by atoms with Gasteiger partial charge in [-0.2, -0.15) is 0 Å². The Morgan fingerprint density at radius 2 is 1.89 bits per heavy atom. The van der Waals surface area contributed by atoms with Gasteiger partial charge in [0.1, 0.15) is 17.1 Å². The number of carbonyl (C=O) groups excluding carboxylic acids is 1. The van der Waals surface area contributed by atoms with Crippen LogP contribution in [0.25, 0.3) is 11.2 Å². The van der Waals surface area contributed by atoms with Gasteiger partial charge in [-0.3, -0.25) is 4.79 Å². The molecule has 0 saturated carbocycles. The third kappa shape index (κ3) is 4.84. The molecule has 0 spiro atoms. The minimum Gasteiger partial charge on any atom is -0.406 e. The fourth-order valence-corrected chi connectivity index (χ4v) is 4.95. The molecule has 35 heavy (non-hydrogen) atoms. The Bertz CT molecular complexity index is 1370. The van der Waals surface area contributed by atoms with Crippen LogP contribution in [-0.2, 0) is 24.2 Å². The van der Waals surface area contributed by atoms with Gasteiger partial charge in [0.25, 0.3) is 0 Å². The van der Waals surface area contributed by atoms with Crippen molar-refractivity contribution in [3.63, 3.8) is 0 Å². The lowest BCUT2D eigenvalue weighted by atomic mass is 9.84. The number of benzene rings is 2. The summed E-state index contributed by atoms with van der Waals surface area (Å²) >= 11 is 0. The molecule has 0 radical (unpaired) electrons. The number of aryl methyl sites for hydroxylation is 1. The fourth-order valence-electron chi connectivity index (χ4n) is 4.95. The summed E-state index contributed by atoms with van der Waals surface area (Å²) in [6.07, 6.45) is -1.02. The number of alkyl halides is 3. The Morgan fingerprint density at radius 3 is 2.63 bits per heavy atom. The van der Waals surface area contributed by atoms with Crippen molar-refractivity contribution in [3.05, 3.63) is 89.4 Å². The van der Waals surface area contributed by atoms with Crippen LogP contribution in [0.1, 0.15) is 34.9 Å². The maximum atomic E-state index is 12.6. The number of carbonyl (C=O) groups is 1. The maximum Gasteiger partial charge on any atom is 0.573 e. The molecule has 1 aliphatic rings. The molecule has 1 amide bonds. The summed E-state index contributed by atoms with van der Waals surface area (Å²) < 4.78 is 43.4. The van der Waals surface area contributed by atoms with E-state index in [4.69, 9.17) is 10.7 Å². The first-order valence-electron chi connectivity index (χ1n) is 11.3. The zero-order valence-corrected chi connectivity index (χ0v) is 18.7. The van der Waals surface area contributed by atoms with Crippen LogP contribution in [-0.4, -0.2) is 26.8 Å². The van der Waals surface area contributed by atoms with Crippen molar-refractivity contribution in [2.45, 2.75) is 38.1 Å². The number of nitrogens with zero attached hydrogens (tertiary/aromatic N) is 3. The number of nitrogens with two attached hydrogens (primary N) is 1. The van der Waals surface area contributed by atoms with Crippen LogP contribution in [0.4, 0.5) is 13.2 Å². The predicted molar refractivity (Wildman–Crippen MR) is 124 cm³/mol. The van der Waals surface area contributed by atoms with Crippen molar-refractivity contribution in [1.82, 2.24) is 14.5 Å². The molecule has 0 bridgehead atoms. The predicted octanol–water partition coefficient (Wildman–Crippen LogP) is 4.75. The number of amides is 1. The van der Waals surface area contributed by atoms with Gasteiger partial charge in [-0.25, -0.2) is 9.97 Å². The van der Waals surface area contributed by atoms with Gasteiger partial charge >= 0.3 is 6.36 Å². The Hall–Kier alpha value is -3.88. The van der Waals surface area contributed by atoms with Crippen LogP contribution in [0, 0.1) is 5.92 Å². The average molecular weight is 480 g/mol. The van der Waals surface area contributed by atoms with Crippen LogP contribution in [0.3, 0.4) is 0 Å². The van der Waals surface area contributed by atoms with Crippen LogP contribution in [0.15, 0.2) is 66.9 Å². The Kier molecular flexibility index (Phi) is 5.92. The molecule has 6 nitrogen and oxygen atoms in total. The molecule has 2 aromatic carbocycles. The number of aromatic nitrogens is 3. The first-order valence-corrected chi connectivity index (χ1v) is 11.3. The third-order valence-electron chi connectivity index (χ3n) is 6.51. The fraction of sp³-hybridized carbons (Fsp3) is 0.269. The van der Waals surface area contributed by atoms with Gasteiger partial charge in [-0.05, 0) is 59.7 Å². The number of pyridine rings is 1. The minimum atomic E-state index is -4.75. The Labute approximate surface area is 199 Å². The zero-order valence-electron chi connectivity index (χ0n) is 18.7. The van der Waals surface area contributed by atoms with Gasteiger partial charge < -0.3 is 15.0 Å². The van der Waals surface area contributed by atoms with E-state index in [1.165, 1.54) is 17.7 Å². The van der Waals surface area contributed by atoms with Gasteiger partial charge in [0, 0.05) is 12.6 Å². The summed E-state index contributed by atoms with van der Waals surface area (Å²) in [5.41, 5.74) is 10.3. The van der Waals surface area contributed by atoms with E-state index in [-0.39, 0.29) is 17.6 Å². The number of hydrogen-bond donors (Lipinski definition) is 1. The van der Waals surface area contributed by atoms with Gasteiger partial charge in [0.05, 0.1) is 12.5 Å². The molecule has 0 fully saturated rings. The molecular formula is C26H23F3N4O2. The van der Waals surface area contributed by atoms with Crippen LogP contribution in [0.2, 0.25) is 0 Å². The second-order valence-corrected chi connectivity index (χ2v) is 8.71. The van der Waals surface area contributed by atoms with E-state index in [1.54, 1.807) is 24.4 Å².